The van der Waals surface area contributed by atoms with Gasteiger partial charge in [0, 0.05) is 11.1 Å². The van der Waals surface area contributed by atoms with E-state index >= 15 is 0 Å². The second kappa shape index (κ2) is 8.53. The molecule has 0 aliphatic rings. The lowest BCUT2D eigenvalue weighted by Crippen LogP contribution is -2.18. The van der Waals surface area contributed by atoms with Crippen molar-refractivity contribution in [2.45, 2.75) is 0 Å². The highest BCUT2D eigenvalue weighted by Crippen LogP contribution is 2.32. The van der Waals surface area contributed by atoms with E-state index in [0.717, 1.165) is 6.21 Å². The second-order valence-corrected chi connectivity index (χ2v) is 5.97. The highest BCUT2D eigenvalue weighted by Gasteiger charge is 2.15. The van der Waals surface area contributed by atoms with Crippen LogP contribution in [0.3, 0.4) is 0 Å². The molecule has 2 aromatic carbocycles. The maximum atomic E-state index is 13.7. The van der Waals surface area contributed by atoms with Gasteiger partial charge >= 0.3 is 0 Å². The van der Waals surface area contributed by atoms with Crippen LogP contribution in [0.2, 0.25) is 5.02 Å². The first kappa shape index (κ1) is 19.4. The van der Waals surface area contributed by atoms with Crippen LogP contribution in [0.4, 0.5) is 4.39 Å². The van der Waals surface area contributed by atoms with Crippen molar-refractivity contribution in [3.05, 3.63) is 64.6 Å². The number of nitrogens with one attached hydrogen (secondary N) is 2. The number of carbonyl (C=O) groups excluding carboxylic acids is 1. The van der Waals surface area contributed by atoms with E-state index in [2.05, 4.69) is 20.7 Å². The molecule has 7 nitrogen and oxygen atoms in total. The zero-order valence-electron chi connectivity index (χ0n) is 15.0. The Labute approximate surface area is 165 Å². The third-order valence-corrected chi connectivity index (χ3v) is 4.19. The van der Waals surface area contributed by atoms with Crippen LogP contribution in [0.15, 0.2) is 47.6 Å². The number of nitrogens with zero attached hydrogens (tertiary/aromatic N) is 2. The molecule has 144 valence electrons. The predicted molar refractivity (Wildman–Crippen MR) is 104 cm³/mol. The molecule has 0 saturated heterocycles. The summed E-state index contributed by atoms with van der Waals surface area (Å²) in [6.45, 7) is 0. The number of amides is 1. The van der Waals surface area contributed by atoms with Gasteiger partial charge in [0.05, 0.1) is 31.2 Å². The van der Waals surface area contributed by atoms with Crippen LogP contribution in [-0.4, -0.2) is 36.5 Å². The summed E-state index contributed by atoms with van der Waals surface area (Å²) in [4.78, 5) is 12.2. The van der Waals surface area contributed by atoms with Crippen LogP contribution in [-0.2, 0) is 0 Å². The van der Waals surface area contributed by atoms with Gasteiger partial charge in [-0.2, -0.15) is 10.2 Å². The number of aromatic amines is 1. The van der Waals surface area contributed by atoms with Gasteiger partial charge < -0.3 is 9.47 Å². The van der Waals surface area contributed by atoms with Crippen molar-refractivity contribution in [3.63, 3.8) is 0 Å². The zero-order chi connectivity index (χ0) is 20.1. The van der Waals surface area contributed by atoms with E-state index in [-0.39, 0.29) is 16.3 Å². The summed E-state index contributed by atoms with van der Waals surface area (Å²) in [6.07, 6.45) is 1.14. The Morgan fingerprint density at radius 3 is 2.79 bits per heavy atom. The molecule has 2 N–H and O–H groups in total. The normalized spacial score (nSPS) is 10.9. The Morgan fingerprint density at radius 2 is 2.07 bits per heavy atom. The van der Waals surface area contributed by atoms with Crippen LogP contribution >= 0.6 is 11.6 Å². The maximum absolute atomic E-state index is 13.7. The Kier molecular flexibility index (Phi) is 5.90. The smallest absolute Gasteiger partial charge is 0.289 e. The molecular weight excluding hydrogens is 387 g/mol. The summed E-state index contributed by atoms with van der Waals surface area (Å²) in [7, 11) is 3.09. The molecule has 0 fully saturated rings. The van der Waals surface area contributed by atoms with Crippen LogP contribution in [0, 0.1) is 5.82 Å². The SMILES string of the molecule is COc1ccc(OC)c(-c2cc(C(=O)NN=Cc3c(F)cccc3Cl)[nH]n2)c1. The number of carbonyl (C=O) groups is 1. The van der Waals surface area contributed by atoms with Crippen molar-refractivity contribution in [1.82, 2.24) is 15.6 Å². The molecule has 3 aromatic rings. The minimum Gasteiger partial charge on any atom is -0.497 e. The van der Waals surface area contributed by atoms with E-state index < -0.39 is 11.7 Å². The van der Waals surface area contributed by atoms with Gasteiger partial charge in [0.2, 0.25) is 0 Å². The van der Waals surface area contributed by atoms with E-state index in [0.29, 0.717) is 22.8 Å². The third kappa shape index (κ3) is 4.12. The largest absolute Gasteiger partial charge is 0.497 e. The topological polar surface area (TPSA) is 88.6 Å². The van der Waals surface area contributed by atoms with Crippen molar-refractivity contribution in [1.29, 1.82) is 0 Å². The minimum atomic E-state index is -0.552. The van der Waals surface area contributed by atoms with Crippen LogP contribution < -0.4 is 14.9 Å². The van der Waals surface area contributed by atoms with E-state index in [4.69, 9.17) is 21.1 Å². The molecule has 0 radical (unpaired) electrons. The van der Waals surface area contributed by atoms with Crippen molar-refractivity contribution >= 4 is 23.7 Å². The lowest BCUT2D eigenvalue weighted by Gasteiger charge is -2.08. The van der Waals surface area contributed by atoms with E-state index in [9.17, 15) is 9.18 Å². The molecule has 0 aliphatic carbocycles. The minimum absolute atomic E-state index is 0.0795. The fraction of sp³-hybridized carbons (Fsp3) is 0.105. The average Bonchev–Trinajstić information content (AvgIpc) is 3.19. The quantitative estimate of drug-likeness (QED) is 0.486. The monoisotopic (exact) mass is 402 g/mol. The summed E-state index contributed by atoms with van der Waals surface area (Å²) in [5.41, 5.74) is 3.68. The highest BCUT2D eigenvalue weighted by atomic mass is 35.5. The molecule has 1 aromatic heterocycles. The van der Waals surface area contributed by atoms with Crippen molar-refractivity contribution in [2.75, 3.05) is 14.2 Å². The maximum Gasteiger partial charge on any atom is 0.289 e. The number of hydrogen-bond acceptors (Lipinski definition) is 5. The zero-order valence-corrected chi connectivity index (χ0v) is 15.7. The van der Waals surface area contributed by atoms with Gasteiger partial charge in [-0.25, -0.2) is 9.82 Å². The van der Waals surface area contributed by atoms with Crippen LogP contribution in [0.5, 0.6) is 11.5 Å². The number of methoxy groups -OCH3 is 2. The number of benzene rings is 2. The molecule has 0 unspecified atom stereocenters. The average molecular weight is 403 g/mol. The van der Waals surface area contributed by atoms with Crippen LogP contribution in [0.25, 0.3) is 11.3 Å². The Bertz CT molecular complexity index is 1020. The number of halogens is 2. The molecule has 0 atom stereocenters. The van der Waals surface area contributed by atoms with Gasteiger partial charge in [0.1, 0.15) is 23.0 Å². The molecule has 0 spiro atoms. The molecule has 28 heavy (non-hydrogen) atoms. The number of hydrazone groups is 1. The summed E-state index contributed by atoms with van der Waals surface area (Å²) in [5.74, 6) is 0.103. The molecule has 1 amide bonds. The van der Waals surface area contributed by atoms with Crippen LogP contribution in [0.1, 0.15) is 16.1 Å². The third-order valence-electron chi connectivity index (χ3n) is 3.86. The molecule has 9 heteroatoms. The van der Waals surface area contributed by atoms with Gasteiger partial charge in [-0.3, -0.25) is 9.89 Å². The molecule has 3 rings (SSSR count). The molecular formula is C19H16ClFN4O3. The Balaban J connectivity index is 1.77. The van der Waals surface area contributed by atoms with E-state index in [1.54, 1.807) is 25.3 Å². The van der Waals surface area contributed by atoms with E-state index in [1.165, 1.54) is 31.4 Å². The molecule has 0 aliphatic heterocycles. The second-order valence-electron chi connectivity index (χ2n) is 5.57. The number of aromatic nitrogens is 2. The van der Waals surface area contributed by atoms with Gasteiger partial charge in [-0.1, -0.05) is 17.7 Å². The lowest BCUT2D eigenvalue weighted by molar-refractivity contribution is 0.0950. The van der Waals surface area contributed by atoms with Crippen molar-refractivity contribution < 1.29 is 18.7 Å². The Hall–Kier alpha value is -3.39. The number of rotatable bonds is 6. The van der Waals surface area contributed by atoms with Gasteiger partial charge in [-0.15, -0.1) is 0 Å². The molecule has 0 bridgehead atoms. The first-order valence-electron chi connectivity index (χ1n) is 8.08. The highest BCUT2D eigenvalue weighted by molar-refractivity contribution is 6.33. The standard InChI is InChI=1S/C19H16ClFN4O3/c1-27-11-6-7-18(28-2)12(8-11)16-9-17(24-23-16)19(26)25-22-10-13-14(20)4-3-5-15(13)21/h3-10H,1-2H3,(H,23,24)(H,25,26). The summed E-state index contributed by atoms with van der Waals surface area (Å²) in [6, 6.07) is 11.0. The number of H-pyrrole nitrogens is 1. The summed E-state index contributed by atoms with van der Waals surface area (Å²) >= 11 is 5.90. The van der Waals surface area contributed by atoms with Gasteiger partial charge in [-0.05, 0) is 36.4 Å². The van der Waals surface area contributed by atoms with Crippen molar-refractivity contribution in [2.24, 2.45) is 5.10 Å². The van der Waals surface area contributed by atoms with Crippen molar-refractivity contribution in [3.8, 4) is 22.8 Å². The number of hydrogen-bond donors (Lipinski definition) is 2. The molecule has 0 saturated carbocycles. The molecule has 1 heterocycles. The Morgan fingerprint density at radius 1 is 1.25 bits per heavy atom. The first-order valence-corrected chi connectivity index (χ1v) is 8.46. The fourth-order valence-electron chi connectivity index (χ4n) is 2.44. The summed E-state index contributed by atoms with van der Waals surface area (Å²) < 4.78 is 24.2. The number of ether oxygens (including phenoxy) is 2. The lowest BCUT2D eigenvalue weighted by atomic mass is 10.1. The predicted octanol–water partition coefficient (Wildman–Crippen LogP) is 3.65. The van der Waals surface area contributed by atoms with E-state index in [1.807, 2.05) is 0 Å². The van der Waals surface area contributed by atoms with Gasteiger partial charge in [0.25, 0.3) is 5.91 Å². The van der Waals surface area contributed by atoms with Gasteiger partial charge in [0.15, 0.2) is 0 Å². The fourth-order valence-corrected chi connectivity index (χ4v) is 2.65. The first-order chi connectivity index (χ1) is 13.5. The summed E-state index contributed by atoms with van der Waals surface area (Å²) in [5, 5.41) is 10.7.